The van der Waals surface area contributed by atoms with Crippen LogP contribution in [0.1, 0.15) is 38.9 Å². The monoisotopic (exact) mass is 427 g/mol. The third-order valence-electron chi connectivity index (χ3n) is 5.32. The maximum Gasteiger partial charge on any atom is 0.220 e. The lowest BCUT2D eigenvalue weighted by Crippen LogP contribution is -2.37. The number of halogens is 2. The number of pyridine rings is 1. The highest BCUT2D eigenvalue weighted by Crippen LogP contribution is 2.44. The van der Waals surface area contributed by atoms with E-state index in [2.05, 4.69) is 20.8 Å². The number of hydrogen-bond donors (Lipinski definition) is 1. The van der Waals surface area contributed by atoms with Gasteiger partial charge in [-0.25, -0.2) is 4.98 Å². The molecule has 1 aliphatic rings. The largest absolute Gasteiger partial charge is 0.473 e. The summed E-state index contributed by atoms with van der Waals surface area (Å²) in [7, 11) is 0. The number of nitrogens with zero attached hydrogens (tertiary/aromatic N) is 1. The molecule has 0 aliphatic carbocycles. The minimum atomic E-state index is -0.637. The molecular weight excluding hydrogens is 405 g/mol. The van der Waals surface area contributed by atoms with Gasteiger partial charge in [-0.2, -0.15) is 0 Å². The van der Waals surface area contributed by atoms with Gasteiger partial charge >= 0.3 is 0 Å². The molecule has 2 heterocycles. The number of rotatable bonds is 2. The van der Waals surface area contributed by atoms with Crippen LogP contribution in [0.5, 0.6) is 5.88 Å². The first-order valence-electron chi connectivity index (χ1n) is 9.64. The summed E-state index contributed by atoms with van der Waals surface area (Å²) in [6.45, 7) is 6.31. The van der Waals surface area contributed by atoms with E-state index in [1.165, 1.54) is 0 Å². The van der Waals surface area contributed by atoms with Crippen LogP contribution in [-0.2, 0) is 0 Å². The van der Waals surface area contributed by atoms with Gasteiger partial charge in [0.25, 0.3) is 0 Å². The van der Waals surface area contributed by atoms with Crippen molar-refractivity contribution < 1.29 is 9.84 Å². The molecule has 29 heavy (non-hydrogen) atoms. The number of hydrogen-bond acceptors (Lipinski definition) is 3. The van der Waals surface area contributed by atoms with Crippen molar-refractivity contribution >= 4 is 23.2 Å². The van der Waals surface area contributed by atoms with Crippen molar-refractivity contribution in [2.45, 2.75) is 39.4 Å². The van der Waals surface area contributed by atoms with Crippen LogP contribution in [0.4, 0.5) is 0 Å². The van der Waals surface area contributed by atoms with Gasteiger partial charge in [0, 0.05) is 33.2 Å². The summed E-state index contributed by atoms with van der Waals surface area (Å²) in [5.41, 5.74) is 3.96. The van der Waals surface area contributed by atoms with Crippen molar-refractivity contribution in [3.05, 3.63) is 70.2 Å². The van der Waals surface area contributed by atoms with Crippen molar-refractivity contribution in [2.24, 2.45) is 5.41 Å². The highest BCUT2D eigenvalue weighted by Gasteiger charge is 2.36. The predicted octanol–water partition coefficient (Wildman–Crippen LogP) is 6.95. The summed E-state index contributed by atoms with van der Waals surface area (Å²) in [6.07, 6.45) is -0.233. The van der Waals surface area contributed by atoms with Gasteiger partial charge < -0.3 is 9.84 Å². The van der Waals surface area contributed by atoms with Gasteiger partial charge in [0.05, 0.1) is 11.8 Å². The van der Waals surface area contributed by atoms with Crippen LogP contribution in [0, 0.1) is 5.41 Å². The van der Waals surface area contributed by atoms with Gasteiger partial charge in [-0.05, 0) is 35.2 Å². The van der Waals surface area contributed by atoms with Crippen LogP contribution in [0.15, 0.2) is 54.6 Å². The SMILES string of the molecule is CC(C)(C)C1CC(O)c2cc(-c3ccc(Cl)cc3)c(-c3ccccc3Cl)nc2O1. The molecule has 0 spiro atoms. The second-order valence-corrected chi connectivity index (χ2v) is 9.33. The minimum Gasteiger partial charge on any atom is -0.473 e. The average molecular weight is 428 g/mol. The van der Waals surface area contributed by atoms with Crippen molar-refractivity contribution in [3.8, 4) is 28.3 Å². The summed E-state index contributed by atoms with van der Waals surface area (Å²) in [4.78, 5) is 4.86. The lowest BCUT2D eigenvalue weighted by molar-refractivity contribution is 0.00443. The molecule has 1 aliphatic heterocycles. The highest BCUT2D eigenvalue weighted by molar-refractivity contribution is 6.33. The van der Waals surface area contributed by atoms with Crippen LogP contribution in [-0.4, -0.2) is 16.2 Å². The Morgan fingerprint density at radius 3 is 2.34 bits per heavy atom. The Labute approximate surface area is 181 Å². The molecule has 2 aromatic carbocycles. The van der Waals surface area contributed by atoms with Crippen molar-refractivity contribution in [1.82, 2.24) is 4.98 Å². The lowest BCUT2D eigenvalue weighted by Gasteiger charge is -2.37. The Bertz CT molecular complexity index is 1040. The van der Waals surface area contributed by atoms with E-state index >= 15 is 0 Å². The third-order valence-corrected chi connectivity index (χ3v) is 5.90. The molecule has 4 rings (SSSR count). The second kappa shape index (κ2) is 7.64. The molecule has 0 saturated heterocycles. The molecule has 0 fully saturated rings. The lowest BCUT2D eigenvalue weighted by atomic mass is 9.83. The second-order valence-electron chi connectivity index (χ2n) is 8.49. The Kier molecular flexibility index (Phi) is 5.32. The van der Waals surface area contributed by atoms with E-state index in [0.717, 1.165) is 22.4 Å². The van der Waals surface area contributed by atoms with Gasteiger partial charge in [0.15, 0.2) is 0 Å². The van der Waals surface area contributed by atoms with E-state index in [9.17, 15) is 5.11 Å². The van der Waals surface area contributed by atoms with Gasteiger partial charge in [-0.15, -0.1) is 0 Å². The zero-order valence-corrected chi connectivity index (χ0v) is 18.1. The standard InChI is InChI=1S/C24H23Cl2NO2/c1-24(2,3)21-13-20(28)18-12-17(14-8-10-15(25)11-9-14)22(27-23(18)29-21)16-6-4-5-7-19(16)26/h4-12,20-21,28H,13H2,1-3H3. The third kappa shape index (κ3) is 4.00. The molecule has 1 aromatic heterocycles. The Morgan fingerprint density at radius 2 is 1.69 bits per heavy atom. The minimum absolute atomic E-state index is 0.111. The summed E-state index contributed by atoms with van der Waals surface area (Å²) >= 11 is 12.6. The van der Waals surface area contributed by atoms with Gasteiger partial charge in [-0.1, -0.05) is 74.3 Å². The Hall–Kier alpha value is -2.07. The van der Waals surface area contributed by atoms with Crippen molar-refractivity contribution in [1.29, 1.82) is 0 Å². The van der Waals surface area contributed by atoms with E-state index in [4.69, 9.17) is 32.9 Å². The highest BCUT2D eigenvalue weighted by atomic mass is 35.5. The summed E-state index contributed by atoms with van der Waals surface area (Å²) in [6, 6.07) is 17.1. The van der Waals surface area contributed by atoms with Crippen LogP contribution in [0.3, 0.4) is 0 Å². The van der Waals surface area contributed by atoms with Gasteiger partial charge in [0.2, 0.25) is 5.88 Å². The first-order valence-corrected chi connectivity index (χ1v) is 10.4. The molecular formula is C24H23Cl2NO2. The zero-order chi connectivity index (χ0) is 20.8. The van der Waals surface area contributed by atoms with E-state index in [0.29, 0.717) is 27.9 Å². The van der Waals surface area contributed by atoms with E-state index in [1.54, 1.807) is 0 Å². The molecule has 5 heteroatoms. The average Bonchev–Trinajstić information content (AvgIpc) is 2.67. The van der Waals surface area contributed by atoms with Crippen LogP contribution in [0.2, 0.25) is 10.0 Å². The van der Waals surface area contributed by atoms with Crippen LogP contribution in [0.25, 0.3) is 22.4 Å². The molecule has 0 amide bonds. The molecule has 150 valence electrons. The molecule has 0 saturated carbocycles. The first kappa shape index (κ1) is 20.2. The molecule has 0 bridgehead atoms. The Morgan fingerprint density at radius 1 is 1.00 bits per heavy atom. The first-order chi connectivity index (χ1) is 13.7. The molecule has 2 unspecified atom stereocenters. The van der Waals surface area contributed by atoms with Gasteiger partial charge in [-0.3, -0.25) is 0 Å². The zero-order valence-electron chi connectivity index (χ0n) is 16.6. The fourth-order valence-electron chi connectivity index (χ4n) is 3.60. The summed E-state index contributed by atoms with van der Waals surface area (Å²) in [5.74, 6) is 0.469. The molecule has 1 N–H and O–H groups in total. The van der Waals surface area contributed by atoms with E-state index < -0.39 is 6.10 Å². The van der Waals surface area contributed by atoms with Crippen molar-refractivity contribution in [3.63, 3.8) is 0 Å². The number of aliphatic hydroxyl groups is 1. The molecule has 0 radical (unpaired) electrons. The number of benzene rings is 2. The predicted molar refractivity (Wildman–Crippen MR) is 119 cm³/mol. The Balaban J connectivity index is 1.93. The maximum atomic E-state index is 10.9. The summed E-state index contributed by atoms with van der Waals surface area (Å²) in [5, 5.41) is 12.1. The quantitative estimate of drug-likeness (QED) is 0.480. The van der Waals surface area contributed by atoms with Gasteiger partial charge in [0.1, 0.15) is 6.10 Å². The summed E-state index contributed by atoms with van der Waals surface area (Å²) < 4.78 is 6.24. The number of aromatic nitrogens is 1. The van der Waals surface area contributed by atoms with Crippen LogP contribution >= 0.6 is 23.2 Å². The normalized spacial score (nSPS) is 18.8. The molecule has 3 nitrogen and oxygen atoms in total. The number of fused-ring (bicyclic) bond motifs is 1. The maximum absolute atomic E-state index is 10.9. The van der Waals surface area contributed by atoms with Crippen LogP contribution < -0.4 is 4.74 Å². The number of aliphatic hydroxyl groups excluding tert-OH is 1. The smallest absolute Gasteiger partial charge is 0.220 e. The molecule has 3 aromatic rings. The topological polar surface area (TPSA) is 42.4 Å². The fourth-order valence-corrected chi connectivity index (χ4v) is 3.95. The van der Waals surface area contributed by atoms with E-state index in [-0.39, 0.29) is 11.5 Å². The van der Waals surface area contributed by atoms with E-state index in [1.807, 2.05) is 54.6 Å². The fraction of sp³-hybridized carbons (Fsp3) is 0.292. The number of ether oxygens (including phenoxy) is 1. The van der Waals surface area contributed by atoms with Crippen molar-refractivity contribution in [2.75, 3.05) is 0 Å². The molecule has 2 atom stereocenters.